The molecule has 0 bridgehead atoms. The zero-order chi connectivity index (χ0) is 25.1. The van der Waals surface area contributed by atoms with Crippen LogP contribution in [-0.4, -0.2) is 29.6 Å². The fourth-order valence-corrected chi connectivity index (χ4v) is 4.87. The summed E-state index contributed by atoms with van der Waals surface area (Å²) in [5.74, 6) is 0.945. The van der Waals surface area contributed by atoms with Gasteiger partial charge in [-0.3, -0.25) is 0 Å². The number of fused-ring (bicyclic) bond motifs is 1. The number of aromatic nitrogens is 2. The molecule has 179 valence electrons. The van der Waals surface area contributed by atoms with E-state index in [4.69, 9.17) is 18.0 Å². The SMILES string of the molecule is [B]=C(COc1ccc2ncnc(Nc3ccc(F)c(C)c3)c2c1)Nc1cc(C2CC=CS2)ccc1N. The Kier molecular flexibility index (Phi) is 6.91. The average molecular weight is 496 g/mol. The van der Waals surface area contributed by atoms with Gasteiger partial charge in [0, 0.05) is 0 Å². The van der Waals surface area contributed by atoms with E-state index < -0.39 is 0 Å². The molecular formula is C27H24BFN5OS. The minimum absolute atomic E-state index is 0.141. The van der Waals surface area contributed by atoms with Crippen LogP contribution < -0.4 is 21.1 Å². The van der Waals surface area contributed by atoms with Gasteiger partial charge in [0.2, 0.25) is 0 Å². The maximum atomic E-state index is 13.6. The number of aryl methyl sites for hydroxylation is 1. The molecule has 36 heavy (non-hydrogen) atoms. The predicted octanol–water partition coefficient (Wildman–Crippen LogP) is 5.88. The summed E-state index contributed by atoms with van der Waals surface area (Å²) in [6, 6.07) is 16.3. The van der Waals surface area contributed by atoms with Gasteiger partial charge in [0.1, 0.15) is 0 Å². The molecule has 0 spiro atoms. The van der Waals surface area contributed by atoms with Crippen molar-refractivity contribution in [2.45, 2.75) is 18.6 Å². The summed E-state index contributed by atoms with van der Waals surface area (Å²) in [6.45, 7) is 1.86. The minimum atomic E-state index is -0.255. The summed E-state index contributed by atoms with van der Waals surface area (Å²) < 4.78 is 19.6. The van der Waals surface area contributed by atoms with E-state index in [9.17, 15) is 4.39 Å². The molecule has 6 nitrogen and oxygen atoms in total. The summed E-state index contributed by atoms with van der Waals surface area (Å²) in [6.07, 6.45) is 4.65. The molecule has 0 saturated carbocycles. The number of nitrogens with two attached hydrogens (primary N) is 1. The molecule has 1 aliphatic rings. The van der Waals surface area contributed by atoms with Crippen LogP contribution in [0.1, 0.15) is 22.8 Å². The van der Waals surface area contributed by atoms with Crippen molar-refractivity contribution < 1.29 is 9.13 Å². The van der Waals surface area contributed by atoms with Crippen molar-refractivity contribution in [1.82, 2.24) is 9.97 Å². The van der Waals surface area contributed by atoms with Gasteiger partial charge in [-0.25, -0.2) is 4.39 Å². The van der Waals surface area contributed by atoms with Crippen molar-refractivity contribution >= 4 is 58.6 Å². The van der Waals surface area contributed by atoms with Crippen LogP contribution in [0.15, 0.2) is 72.4 Å². The third-order valence-corrected chi connectivity index (χ3v) is 7.00. The van der Waals surface area contributed by atoms with E-state index in [2.05, 4.69) is 32.1 Å². The van der Waals surface area contributed by atoms with E-state index in [-0.39, 0.29) is 12.4 Å². The maximum absolute atomic E-state index is 13.6. The number of anilines is 4. The molecule has 1 radical (unpaired) electrons. The zero-order valence-corrected chi connectivity index (χ0v) is 20.5. The summed E-state index contributed by atoms with van der Waals surface area (Å²) in [7, 11) is 6.24. The Labute approximate surface area is 214 Å². The normalized spacial score (nSPS) is 14.6. The average Bonchev–Trinajstić information content (AvgIpc) is 3.42. The molecule has 0 saturated heterocycles. The van der Waals surface area contributed by atoms with Gasteiger partial charge in [0.15, 0.2) is 0 Å². The van der Waals surface area contributed by atoms with Crippen molar-refractivity contribution in [2.24, 2.45) is 0 Å². The number of rotatable bonds is 8. The van der Waals surface area contributed by atoms with Crippen LogP contribution in [0.5, 0.6) is 5.75 Å². The second-order valence-electron chi connectivity index (χ2n) is 8.51. The van der Waals surface area contributed by atoms with Crippen molar-refractivity contribution in [3.63, 3.8) is 0 Å². The number of ether oxygens (including phenoxy) is 1. The van der Waals surface area contributed by atoms with Crippen LogP contribution in [0.25, 0.3) is 10.9 Å². The van der Waals surface area contributed by atoms with E-state index in [0.717, 1.165) is 28.7 Å². The quantitative estimate of drug-likeness (QED) is 0.207. The molecule has 0 fully saturated rings. The van der Waals surface area contributed by atoms with Crippen LogP contribution >= 0.6 is 11.8 Å². The van der Waals surface area contributed by atoms with E-state index in [1.54, 1.807) is 30.8 Å². The summed E-state index contributed by atoms with van der Waals surface area (Å²) in [5, 5.41) is 9.71. The fraction of sp³-hybridized carbons (Fsp3) is 0.148. The number of allylic oxidation sites excluding steroid dienone is 1. The topological polar surface area (TPSA) is 85.1 Å². The summed E-state index contributed by atoms with van der Waals surface area (Å²) >= 11 is 1.80. The molecule has 4 aromatic rings. The molecule has 4 N–H and O–H groups in total. The Morgan fingerprint density at radius 3 is 2.86 bits per heavy atom. The third kappa shape index (κ3) is 5.36. The van der Waals surface area contributed by atoms with E-state index in [1.807, 2.05) is 36.4 Å². The number of hydrogen-bond donors (Lipinski definition) is 3. The van der Waals surface area contributed by atoms with E-state index >= 15 is 0 Å². The number of nitrogens with zero attached hydrogens (tertiary/aromatic N) is 2. The zero-order valence-electron chi connectivity index (χ0n) is 19.7. The molecule has 1 atom stereocenters. The van der Waals surface area contributed by atoms with Crippen LogP contribution in [0.2, 0.25) is 0 Å². The van der Waals surface area contributed by atoms with Crippen LogP contribution in [0, 0.1) is 12.7 Å². The van der Waals surface area contributed by atoms with Crippen molar-refractivity contribution in [3.8, 4) is 5.75 Å². The van der Waals surface area contributed by atoms with Gasteiger partial charge >= 0.3 is 210 Å². The van der Waals surface area contributed by atoms with Crippen molar-refractivity contribution in [2.75, 3.05) is 23.0 Å². The number of nitrogens with one attached hydrogen (secondary N) is 2. The predicted molar refractivity (Wildman–Crippen MR) is 149 cm³/mol. The monoisotopic (exact) mass is 496 g/mol. The molecule has 1 unspecified atom stereocenters. The third-order valence-electron chi connectivity index (χ3n) is 5.86. The summed E-state index contributed by atoms with van der Waals surface area (Å²) in [5.41, 5.74) is 11.2. The first-order chi connectivity index (χ1) is 17.5. The second-order valence-corrected chi connectivity index (χ2v) is 9.62. The van der Waals surface area contributed by atoms with Gasteiger partial charge in [-0.15, -0.1) is 0 Å². The fourth-order valence-electron chi connectivity index (χ4n) is 3.94. The first-order valence-electron chi connectivity index (χ1n) is 11.5. The Balaban J connectivity index is 1.28. The Morgan fingerprint density at radius 1 is 1.17 bits per heavy atom. The Bertz CT molecular complexity index is 1470. The Morgan fingerprint density at radius 2 is 2.06 bits per heavy atom. The number of nitrogen functional groups attached to an aromatic ring is 1. The molecule has 2 heterocycles. The molecule has 0 amide bonds. The van der Waals surface area contributed by atoms with Crippen LogP contribution in [-0.2, 0) is 0 Å². The molecule has 5 rings (SSSR count). The van der Waals surface area contributed by atoms with Gasteiger partial charge < -0.3 is 0 Å². The number of thioether (sulfide) groups is 1. The van der Waals surface area contributed by atoms with Crippen LogP contribution in [0.3, 0.4) is 0 Å². The van der Waals surface area contributed by atoms with Gasteiger partial charge in [-0.1, -0.05) is 0 Å². The van der Waals surface area contributed by atoms with Crippen LogP contribution in [0.4, 0.5) is 27.3 Å². The van der Waals surface area contributed by atoms with Crippen molar-refractivity contribution in [3.05, 3.63) is 89.4 Å². The standard InChI is InChI=1S/C27H24BFN5OS/c1-16-11-18(5-7-21(16)29)33-27-20-13-19(6-9-23(20)31-15-32-27)35-14-26(28)34-24-12-17(4-8-22(24)30)25-3-2-10-36-25/h2,4-13,15,25,34H,3,14,30H2,1H3,(H,31,32,33). The van der Waals surface area contributed by atoms with Gasteiger partial charge in [0.05, 0.1) is 0 Å². The van der Waals surface area contributed by atoms with Gasteiger partial charge in [-0.05, 0) is 0 Å². The van der Waals surface area contributed by atoms with Crippen molar-refractivity contribution in [1.29, 1.82) is 0 Å². The number of halogens is 1. The Hall–Kier alpha value is -3.85. The van der Waals surface area contributed by atoms with E-state index in [1.165, 1.54) is 18.0 Å². The molecule has 0 aliphatic carbocycles. The molecule has 1 aliphatic heterocycles. The first kappa shape index (κ1) is 23.9. The molecule has 9 heteroatoms. The first-order valence-corrected chi connectivity index (χ1v) is 12.4. The molecule has 1 aromatic heterocycles. The second kappa shape index (κ2) is 10.4. The van der Waals surface area contributed by atoms with Gasteiger partial charge in [0.25, 0.3) is 0 Å². The van der Waals surface area contributed by atoms with Gasteiger partial charge in [-0.2, -0.15) is 0 Å². The molecular weight excluding hydrogens is 472 g/mol. The number of benzene rings is 3. The number of hydrogen-bond acceptors (Lipinski definition) is 7. The van der Waals surface area contributed by atoms with E-state index in [0.29, 0.717) is 33.7 Å². The summed E-state index contributed by atoms with van der Waals surface area (Å²) in [4.78, 5) is 8.69. The molecule has 3 aromatic carbocycles.